The average Bonchev–Trinajstić information content (AvgIpc) is 3.27. The number of amides is 1. The summed E-state index contributed by atoms with van der Waals surface area (Å²) in [6.07, 6.45) is 4.58. The Morgan fingerprint density at radius 2 is 1.93 bits per heavy atom. The minimum atomic E-state index is -3.85. The maximum Gasteiger partial charge on any atom is 0.243 e. The third kappa shape index (κ3) is 5.08. The lowest BCUT2D eigenvalue weighted by Gasteiger charge is -2.15. The van der Waals surface area contributed by atoms with Gasteiger partial charge in [-0.15, -0.1) is 0 Å². The van der Waals surface area contributed by atoms with Crippen molar-refractivity contribution in [3.05, 3.63) is 36.1 Å². The molecule has 0 saturated heterocycles. The van der Waals surface area contributed by atoms with E-state index in [2.05, 4.69) is 15.2 Å². The molecule has 1 atom stereocenters. The lowest BCUT2D eigenvalue weighted by molar-refractivity contribution is -0.117. The van der Waals surface area contributed by atoms with Crippen LogP contribution in [0.1, 0.15) is 38.4 Å². The van der Waals surface area contributed by atoms with E-state index in [1.807, 2.05) is 0 Å². The molecule has 0 radical (unpaired) electrons. The van der Waals surface area contributed by atoms with Crippen molar-refractivity contribution >= 4 is 21.7 Å². The Bertz CT molecular complexity index is 886. The van der Waals surface area contributed by atoms with E-state index in [1.165, 1.54) is 19.1 Å². The highest BCUT2D eigenvalue weighted by atomic mass is 32.2. The maximum atomic E-state index is 12.5. The van der Waals surface area contributed by atoms with Crippen LogP contribution < -0.4 is 14.8 Å². The molecule has 1 amide bonds. The number of rotatable bonds is 7. The fourth-order valence-electron chi connectivity index (χ4n) is 2.91. The standard InChI is InChI=1S/C18H23N3O5S/c1-12-11-17(20-26-12)19-18(22)13(2)21-27(23,24)16-9-7-15(8-10-16)25-14-5-3-4-6-14/h7-11,13-14,21H,3-6H2,1-2H3,(H,19,20,22)/t13-/m0/s1. The van der Waals surface area contributed by atoms with E-state index in [0.717, 1.165) is 25.7 Å². The van der Waals surface area contributed by atoms with Crippen molar-refractivity contribution in [2.24, 2.45) is 0 Å². The van der Waals surface area contributed by atoms with Crippen molar-refractivity contribution in [1.82, 2.24) is 9.88 Å². The number of nitrogens with zero attached hydrogens (tertiary/aromatic N) is 1. The molecular formula is C18H23N3O5S. The molecule has 27 heavy (non-hydrogen) atoms. The molecule has 2 N–H and O–H groups in total. The highest BCUT2D eigenvalue weighted by Crippen LogP contribution is 2.25. The molecular weight excluding hydrogens is 370 g/mol. The SMILES string of the molecule is Cc1cc(NC(=O)[C@H](C)NS(=O)(=O)c2ccc(OC3CCCC3)cc2)no1. The molecule has 3 rings (SSSR count). The summed E-state index contributed by atoms with van der Waals surface area (Å²) in [4.78, 5) is 12.2. The van der Waals surface area contributed by atoms with Gasteiger partial charge in [0.1, 0.15) is 11.5 Å². The maximum absolute atomic E-state index is 12.5. The molecule has 0 bridgehead atoms. The highest BCUT2D eigenvalue weighted by molar-refractivity contribution is 7.89. The van der Waals surface area contributed by atoms with Gasteiger partial charge in [-0.05, 0) is 63.8 Å². The third-order valence-electron chi connectivity index (χ3n) is 4.34. The second-order valence-electron chi connectivity index (χ2n) is 6.65. The van der Waals surface area contributed by atoms with Crippen LogP contribution in [0.2, 0.25) is 0 Å². The van der Waals surface area contributed by atoms with Crippen LogP contribution in [0.3, 0.4) is 0 Å². The predicted molar refractivity (Wildman–Crippen MR) is 99.0 cm³/mol. The van der Waals surface area contributed by atoms with Crippen LogP contribution >= 0.6 is 0 Å². The van der Waals surface area contributed by atoms with Crippen LogP contribution in [0, 0.1) is 6.92 Å². The zero-order valence-electron chi connectivity index (χ0n) is 15.3. The fourth-order valence-corrected chi connectivity index (χ4v) is 4.11. The van der Waals surface area contributed by atoms with Crippen molar-refractivity contribution in [1.29, 1.82) is 0 Å². The summed E-state index contributed by atoms with van der Waals surface area (Å²) in [6, 6.07) is 6.77. The van der Waals surface area contributed by atoms with Gasteiger partial charge in [-0.3, -0.25) is 4.79 Å². The van der Waals surface area contributed by atoms with E-state index >= 15 is 0 Å². The summed E-state index contributed by atoms with van der Waals surface area (Å²) in [5, 5.41) is 6.14. The van der Waals surface area contributed by atoms with Crippen molar-refractivity contribution in [2.45, 2.75) is 56.6 Å². The number of benzene rings is 1. The molecule has 1 fully saturated rings. The molecule has 1 aliphatic rings. The van der Waals surface area contributed by atoms with Crippen molar-refractivity contribution in [3.8, 4) is 5.75 Å². The van der Waals surface area contributed by atoms with Gasteiger partial charge in [0.05, 0.1) is 17.0 Å². The molecule has 0 aliphatic heterocycles. The second-order valence-corrected chi connectivity index (χ2v) is 8.36. The summed E-state index contributed by atoms with van der Waals surface area (Å²) in [5.74, 6) is 0.886. The Hall–Kier alpha value is -2.39. The molecule has 9 heteroatoms. The molecule has 1 aliphatic carbocycles. The number of nitrogens with one attached hydrogen (secondary N) is 2. The highest BCUT2D eigenvalue weighted by Gasteiger charge is 2.23. The Kier molecular flexibility index (Phi) is 5.81. The van der Waals surface area contributed by atoms with E-state index in [-0.39, 0.29) is 16.8 Å². The minimum Gasteiger partial charge on any atom is -0.490 e. The minimum absolute atomic E-state index is 0.0678. The summed E-state index contributed by atoms with van der Waals surface area (Å²) >= 11 is 0. The molecule has 8 nitrogen and oxygen atoms in total. The molecule has 0 spiro atoms. The summed E-state index contributed by atoms with van der Waals surface area (Å²) < 4.78 is 38.0. The Morgan fingerprint density at radius 3 is 2.52 bits per heavy atom. The van der Waals surface area contributed by atoms with Crippen LogP contribution in [0.15, 0.2) is 39.8 Å². The van der Waals surface area contributed by atoms with Crippen molar-refractivity contribution < 1.29 is 22.5 Å². The summed E-state index contributed by atoms with van der Waals surface area (Å²) in [6.45, 7) is 3.15. The molecule has 146 valence electrons. The fraction of sp³-hybridized carbons (Fsp3) is 0.444. The van der Waals surface area contributed by atoms with E-state index < -0.39 is 22.0 Å². The predicted octanol–water partition coefficient (Wildman–Crippen LogP) is 2.61. The number of aromatic nitrogens is 1. The van der Waals surface area contributed by atoms with Crippen LogP contribution in [0.5, 0.6) is 5.75 Å². The number of hydrogen-bond acceptors (Lipinski definition) is 6. The van der Waals surface area contributed by atoms with Crippen LogP contribution in [0.4, 0.5) is 5.82 Å². The molecule has 1 aromatic heterocycles. The lowest BCUT2D eigenvalue weighted by atomic mass is 10.3. The van der Waals surface area contributed by atoms with Gasteiger partial charge in [-0.2, -0.15) is 4.72 Å². The zero-order valence-corrected chi connectivity index (χ0v) is 16.1. The van der Waals surface area contributed by atoms with Gasteiger partial charge in [-0.1, -0.05) is 5.16 Å². The number of sulfonamides is 1. The molecule has 0 unspecified atom stereocenters. The van der Waals surface area contributed by atoms with Gasteiger partial charge >= 0.3 is 0 Å². The lowest BCUT2D eigenvalue weighted by Crippen LogP contribution is -2.41. The van der Waals surface area contributed by atoms with Crippen molar-refractivity contribution in [3.63, 3.8) is 0 Å². The van der Waals surface area contributed by atoms with Crippen LogP contribution in [0.25, 0.3) is 0 Å². The first-order valence-corrected chi connectivity index (χ1v) is 10.3. The number of anilines is 1. The number of carbonyl (C=O) groups is 1. The smallest absolute Gasteiger partial charge is 0.243 e. The van der Waals surface area contributed by atoms with Gasteiger partial charge in [0.2, 0.25) is 15.9 Å². The Balaban J connectivity index is 1.60. The van der Waals surface area contributed by atoms with Gasteiger partial charge < -0.3 is 14.6 Å². The zero-order chi connectivity index (χ0) is 19.4. The Labute approximate surface area is 158 Å². The third-order valence-corrected chi connectivity index (χ3v) is 5.90. The average molecular weight is 393 g/mol. The second kappa shape index (κ2) is 8.10. The first-order valence-electron chi connectivity index (χ1n) is 8.87. The number of hydrogen-bond donors (Lipinski definition) is 2. The van der Waals surface area contributed by atoms with E-state index in [0.29, 0.717) is 11.5 Å². The van der Waals surface area contributed by atoms with E-state index in [1.54, 1.807) is 25.1 Å². The van der Waals surface area contributed by atoms with Crippen LogP contribution in [-0.4, -0.2) is 31.6 Å². The van der Waals surface area contributed by atoms with Gasteiger partial charge in [0.15, 0.2) is 5.82 Å². The molecule has 1 aromatic carbocycles. The topological polar surface area (TPSA) is 111 Å². The van der Waals surface area contributed by atoms with Gasteiger partial charge in [-0.25, -0.2) is 8.42 Å². The van der Waals surface area contributed by atoms with Gasteiger partial charge in [0, 0.05) is 6.07 Å². The molecule has 1 heterocycles. The van der Waals surface area contributed by atoms with Crippen molar-refractivity contribution in [2.75, 3.05) is 5.32 Å². The summed E-state index contributed by atoms with van der Waals surface area (Å²) in [5.41, 5.74) is 0. The number of carbonyl (C=O) groups excluding carboxylic acids is 1. The first kappa shape index (κ1) is 19.4. The largest absolute Gasteiger partial charge is 0.490 e. The first-order chi connectivity index (χ1) is 12.8. The number of ether oxygens (including phenoxy) is 1. The number of aryl methyl sites for hydroxylation is 1. The van der Waals surface area contributed by atoms with E-state index in [9.17, 15) is 13.2 Å². The van der Waals surface area contributed by atoms with Crippen LogP contribution in [-0.2, 0) is 14.8 Å². The van der Waals surface area contributed by atoms with Gasteiger partial charge in [0.25, 0.3) is 0 Å². The van der Waals surface area contributed by atoms with E-state index in [4.69, 9.17) is 9.26 Å². The normalized spacial score (nSPS) is 16.2. The molecule has 1 saturated carbocycles. The Morgan fingerprint density at radius 1 is 1.26 bits per heavy atom. The summed E-state index contributed by atoms with van der Waals surface area (Å²) in [7, 11) is -3.85. The monoisotopic (exact) mass is 393 g/mol. The molecule has 2 aromatic rings. The quantitative estimate of drug-likeness (QED) is 0.748.